The molecule has 0 aliphatic heterocycles. The SMILES string of the molecule is C=CCN(CC=C)C(=O)CNc1cccc(NC(=O)CCC)c1C. The van der Waals surface area contributed by atoms with Crippen molar-refractivity contribution in [1.82, 2.24) is 4.90 Å². The van der Waals surface area contributed by atoms with Crippen molar-refractivity contribution in [2.24, 2.45) is 0 Å². The van der Waals surface area contributed by atoms with Gasteiger partial charge in [-0.2, -0.15) is 0 Å². The number of nitrogens with zero attached hydrogens (tertiary/aromatic N) is 1. The van der Waals surface area contributed by atoms with Crippen LogP contribution in [0.4, 0.5) is 11.4 Å². The van der Waals surface area contributed by atoms with Crippen LogP contribution in [0.5, 0.6) is 0 Å². The minimum Gasteiger partial charge on any atom is -0.376 e. The number of hydrogen-bond donors (Lipinski definition) is 2. The van der Waals surface area contributed by atoms with Gasteiger partial charge in [0, 0.05) is 30.9 Å². The second-order valence-corrected chi connectivity index (χ2v) is 5.51. The molecule has 1 aromatic rings. The van der Waals surface area contributed by atoms with E-state index >= 15 is 0 Å². The highest BCUT2D eigenvalue weighted by Crippen LogP contribution is 2.23. The number of carbonyl (C=O) groups is 2. The lowest BCUT2D eigenvalue weighted by molar-refractivity contribution is -0.128. The molecule has 5 heteroatoms. The summed E-state index contributed by atoms with van der Waals surface area (Å²) in [5.41, 5.74) is 2.50. The van der Waals surface area contributed by atoms with Gasteiger partial charge in [0.25, 0.3) is 0 Å². The Morgan fingerprint density at radius 2 is 1.79 bits per heavy atom. The van der Waals surface area contributed by atoms with Crippen molar-refractivity contribution in [1.29, 1.82) is 0 Å². The first-order valence-corrected chi connectivity index (χ1v) is 8.16. The third kappa shape index (κ3) is 5.91. The van der Waals surface area contributed by atoms with Crippen molar-refractivity contribution in [3.8, 4) is 0 Å². The summed E-state index contributed by atoms with van der Waals surface area (Å²) in [4.78, 5) is 25.7. The molecule has 0 saturated carbocycles. The molecule has 0 aromatic heterocycles. The summed E-state index contributed by atoms with van der Waals surface area (Å²) in [5.74, 6) is -0.0356. The Morgan fingerprint density at radius 3 is 2.38 bits per heavy atom. The van der Waals surface area contributed by atoms with Crippen molar-refractivity contribution in [2.75, 3.05) is 30.3 Å². The molecule has 130 valence electrons. The standard InChI is InChI=1S/C19H27N3O2/c1-5-9-18(23)21-17-11-8-10-16(15(17)4)20-14-19(24)22(12-6-2)13-7-3/h6-8,10-11,20H,2-3,5,9,12-14H2,1,4H3,(H,21,23). The summed E-state index contributed by atoms with van der Waals surface area (Å²) >= 11 is 0. The Balaban J connectivity index is 2.74. The molecule has 2 N–H and O–H groups in total. The molecule has 0 fully saturated rings. The second kappa shape index (κ2) is 10.3. The molecule has 24 heavy (non-hydrogen) atoms. The van der Waals surface area contributed by atoms with E-state index in [4.69, 9.17) is 0 Å². The minimum atomic E-state index is -0.0328. The number of amides is 2. The Bertz CT molecular complexity index is 586. The zero-order valence-electron chi connectivity index (χ0n) is 14.6. The van der Waals surface area contributed by atoms with Gasteiger partial charge >= 0.3 is 0 Å². The predicted octanol–water partition coefficient (Wildman–Crippen LogP) is 3.35. The molecular formula is C19H27N3O2. The molecule has 0 bridgehead atoms. The fourth-order valence-corrected chi connectivity index (χ4v) is 2.27. The molecule has 1 rings (SSSR count). The summed E-state index contributed by atoms with van der Waals surface area (Å²) < 4.78 is 0. The maximum atomic E-state index is 12.3. The van der Waals surface area contributed by atoms with Gasteiger partial charge < -0.3 is 15.5 Å². The molecule has 0 unspecified atom stereocenters. The Hall–Kier alpha value is -2.56. The second-order valence-electron chi connectivity index (χ2n) is 5.51. The first-order chi connectivity index (χ1) is 11.5. The lowest BCUT2D eigenvalue weighted by Crippen LogP contribution is -2.35. The van der Waals surface area contributed by atoms with E-state index in [9.17, 15) is 9.59 Å². The number of nitrogens with one attached hydrogen (secondary N) is 2. The van der Waals surface area contributed by atoms with Crippen molar-refractivity contribution >= 4 is 23.2 Å². The van der Waals surface area contributed by atoms with E-state index in [0.29, 0.717) is 19.5 Å². The van der Waals surface area contributed by atoms with Crippen LogP contribution in [-0.2, 0) is 9.59 Å². The maximum absolute atomic E-state index is 12.3. The minimum absolute atomic E-state index is 0.00281. The monoisotopic (exact) mass is 329 g/mol. The quantitative estimate of drug-likeness (QED) is 0.647. The van der Waals surface area contributed by atoms with Gasteiger partial charge in [-0.1, -0.05) is 25.1 Å². The molecule has 0 saturated heterocycles. The van der Waals surface area contributed by atoms with Gasteiger partial charge in [-0.3, -0.25) is 9.59 Å². The first kappa shape index (κ1) is 19.5. The third-order valence-electron chi connectivity index (χ3n) is 3.57. The first-order valence-electron chi connectivity index (χ1n) is 8.16. The van der Waals surface area contributed by atoms with E-state index < -0.39 is 0 Å². The van der Waals surface area contributed by atoms with Gasteiger partial charge in [0.1, 0.15) is 0 Å². The van der Waals surface area contributed by atoms with Crippen LogP contribution < -0.4 is 10.6 Å². The van der Waals surface area contributed by atoms with Gasteiger partial charge in [-0.15, -0.1) is 13.2 Å². The maximum Gasteiger partial charge on any atom is 0.242 e. The van der Waals surface area contributed by atoms with E-state index in [-0.39, 0.29) is 18.4 Å². The average Bonchev–Trinajstić information content (AvgIpc) is 2.55. The fourth-order valence-electron chi connectivity index (χ4n) is 2.27. The molecule has 0 atom stereocenters. The molecule has 0 radical (unpaired) electrons. The Labute approximate surface area is 144 Å². The van der Waals surface area contributed by atoms with Gasteiger partial charge in [-0.05, 0) is 31.0 Å². The molecule has 0 aliphatic carbocycles. The van der Waals surface area contributed by atoms with Gasteiger partial charge in [0.2, 0.25) is 11.8 Å². The lowest BCUT2D eigenvalue weighted by atomic mass is 10.1. The van der Waals surface area contributed by atoms with E-state index in [1.165, 1.54) is 0 Å². The average molecular weight is 329 g/mol. The van der Waals surface area contributed by atoms with Crippen molar-refractivity contribution in [2.45, 2.75) is 26.7 Å². The molecule has 2 amide bonds. The van der Waals surface area contributed by atoms with E-state index in [2.05, 4.69) is 23.8 Å². The summed E-state index contributed by atoms with van der Waals surface area (Å²) in [6, 6.07) is 5.60. The van der Waals surface area contributed by atoms with Crippen LogP contribution in [0.15, 0.2) is 43.5 Å². The van der Waals surface area contributed by atoms with Gasteiger partial charge in [-0.25, -0.2) is 0 Å². The van der Waals surface area contributed by atoms with Crippen LogP contribution >= 0.6 is 0 Å². The predicted molar refractivity (Wildman–Crippen MR) is 100 cm³/mol. The van der Waals surface area contributed by atoms with Crippen LogP contribution in [0.3, 0.4) is 0 Å². The van der Waals surface area contributed by atoms with Crippen molar-refractivity contribution in [3.63, 3.8) is 0 Å². The summed E-state index contributed by atoms with van der Waals surface area (Å²) in [5, 5.41) is 6.05. The number of benzene rings is 1. The van der Waals surface area contributed by atoms with Crippen LogP contribution in [0, 0.1) is 6.92 Å². The molecule has 5 nitrogen and oxygen atoms in total. The molecule has 0 aliphatic rings. The fraction of sp³-hybridized carbons (Fsp3) is 0.368. The van der Waals surface area contributed by atoms with Crippen LogP contribution in [0.1, 0.15) is 25.3 Å². The lowest BCUT2D eigenvalue weighted by Gasteiger charge is -2.20. The summed E-state index contributed by atoms with van der Waals surface area (Å²) in [6.45, 7) is 12.4. The van der Waals surface area contributed by atoms with Crippen molar-refractivity contribution in [3.05, 3.63) is 49.1 Å². The molecule has 0 spiro atoms. The number of carbonyl (C=O) groups excluding carboxylic acids is 2. The Morgan fingerprint density at radius 1 is 1.17 bits per heavy atom. The highest BCUT2D eigenvalue weighted by atomic mass is 16.2. The van der Waals surface area contributed by atoms with Gasteiger partial charge in [0.05, 0.1) is 6.54 Å². The van der Waals surface area contributed by atoms with Gasteiger partial charge in [0.15, 0.2) is 0 Å². The molecule has 0 heterocycles. The highest BCUT2D eigenvalue weighted by molar-refractivity contribution is 5.92. The molecular weight excluding hydrogens is 302 g/mol. The number of hydrogen-bond acceptors (Lipinski definition) is 3. The van der Waals surface area contributed by atoms with Crippen LogP contribution in [0.25, 0.3) is 0 Å². The topological polar surface area (TPSA) is 61.4 Å². The van der Waals surface area contributed by atoms with E-state index in [1.54, 1.807) is 17.1 Å². The van der Waals surface area contributed by atoms with Crippen LogP contribution in [-0.4, -0.2) is 36.3 Å². The Kier molecular flexibility index (Phi) is 8.33. The van der Waals surface area contributed by atoms with Crippen molar-refractivity contribution < 1.29 is 9.59 Å². The highest BCUT2D eigenvalue weighted by Gasteiger charge is 2.12. The number of anilines is 2. The zero-order valence-corrected chi connectivity index (χ0v) is 14.6. The normalized spacial score (nSPS) is 9.92. The summed E-state index contributed by atoms with van der Waals surface area (Å²) in [6.07, 6.45) is 4.68. The third-order valence-corrected chi connectivity index (χ3v) is 3.57. The smallest absolute Gasteiger partial charge is 0.242 e. The van der Waals surface area contributed by atoms with E-state index in [1.807, 2.05) is 32.0 Å². The molecule has 1 aromatic carbocycles. The zero-order chi connectivity index (χ0) is 17.9. The van der Waals surface area contributed by atoms with E-state index in [0.717, 1.165) is 23.4 Å². The number of rotatable bonds is 10. The summed E-state index contributed by atoms with van der Waals surface area (Å²) in [7, 11) is 0. The van der Waals surface area contributed by atoms with Crippen LogP contribution in [0.2, 0.25) is 0 Å². The largest absolute Gasteiger partial charge is 0.376 e.